The Bertz CT molecular complexity index is 369. The monoisotopic (exact) mass is 377 g/mol. The van der Waals surface area contributed by atoms with Crippen LogP contribution in [-0.4, -0.2) is 46.7 Å². The Morgan fingerprint density at radius 2 is 1.91 bits per heavy atom. The van der Waals surface area contributed by atoms with Gasteiger partial charge in [0.2, 0.25) is 0 Å². The molecule has 0 aromatic carbocycles. The Hall–Kier alpha value is -0.290. The van der Waals surface area contributed by atoms with E-state index in [1.165, 1.54) is 6.42 Å². The van der Waals surface area contributed by atoms with Gasteiger partial charge in [0.05, 0.1) is 18.2 Å². The quantitative estimate of drug-likeness (QED) is 0.634. The molecule has 5 heteroatoms. The van der Waals surface area contributed by atoms with E-state index >= 15 is 0 Å². The summed E-state index contributed by atoms with van der Waals surface area (Å²) in [5, 5.41) is 0.699. The first-order valence-corrected chi connectivity index (χ1v) is 9.42. The highest BCUT2D eigenvalue weighted by molar-refractivity contribution is 9.09. The fourth-order valence-electron chi connectivity index (χ4n) is 2.81. The highest BCUT2D eigenvalue weighted by Crippen LogP contribution is 2.31. The predicted octanol–water partition coefficient (Wildman–Crippen LogP) is 4.60. The second-order valence-electron chi connectivity index (χ2n) is 7.74. The van der Waals surface area contributed by atoms with Crippen LogP contribution >= 0.6 is 15.9 Å². The standard InChI is InChI=1S/C17H32BrNO3/c1-7-19(15(20)22-16(3,4)5)12-17(6,11-18)21-14-9-8-13(2)10-14/h13-14H,7-12H2,1-6H3. The second kappa shape index (κ2) is 8.00. The first-order valence-electron chi connectivity index (χ1n) is 8.30. The van der Waals surface area contributed by atoms with Crippen molar-refractivity contribution in [3.05, 3.63) is 0 Å². The number of amides is 1. The molecule has 0 N–H and O–H groups in total. The molecule has 0 radical (unpaired) electrons. The molecule has 0 aromatic rings. The molecule has 1 rings (SSSR count). The molecule has 3 atom stereocenters. The molecule has 0 aromatic heterocycles. The highest BCUT2D eigenvalue weighted by Gasteiger charge is 2.35. The van der Waals surface area contributed by atoms with Gasteiger partial charge in [0.15, 0.2) is 0 Å². The largest absolute Gasteiger partial charge is 0.444 e. The zero-order valence-electron chi connectivity index (χ0n) is 14.9. The minimum absolute atomic E-state index is 0.273. The number of halogens is 1. The van der Waals surface area contributed by atoms with Gasteiger partial charge in [-0.15, -0.1) is 0 Å². The summed E-state index contributed by atoms with van der Waals surface area (Å²) >= 11 is 3.56. The zero-order chi connectivity index (χ0) is 17.0. The lowest BCUT2D eigenvalue weighted by Gasteiger charge is -2.36. The van der Waals surface area contributed by atoms with Crippen molar-refractivity contribution >= 4 is 22.0 Å². The molecule has 1 fully saturated rings. The highest BCUT2D eigenvalue weighted by atomic mass is 79.9. The molecule has 1 aliphatic rings. The molecular formula is C17H32BrNO3. The Morgan fingerprint density at radius 1 is 1.27 bits per heavy atom. The molecular weight excluding hydrogens is 346 g/mol. The van der Waals surface area contributed by atoms with Crippen molar-refractivity contribution in [1.29, 1.82) is 0 Å². The molecule has 1 amide bonds. The number of alkyl halides is 1. The normalized spacial score (nSPS) is 24.9. The Balaban J connectivity index is 2.66. The van der Waals surface area contributed by atoms with Crippen LogP contribution in [-0.2, 0) is 9.47 Å². The molecule has 130 valence electrons. The summed E-state index contributed by atoms with van der Waals surface area (Å²) in [5.74, 6) is 0.734. The van der Waals surface area contributed by atoms with E-state index in [1.54, 1.807) is 4.90 Å². The third kappa shape index (κ3) is 6.45. The Kier molecular flexibility index (Phi) is 7.19. The number of hydrogen-bond acceptors (Lipinski definition) is 3. The van der Waals surface area contributed by atoms with Gasteiger partial charge in [0.25, 0.3) is 0 Å². The predicted molar refractivity (Wildman–Crippen MR) is 93.6 cm³/mol. The maximum Gasteiger partial charge on any atom is 0.410 e. The number of likely N-dealkylation sites (N-methyl/N-ethyl adjacent to an activating group) is 1. The van der Waals surface area contributed by atoms with Gasteiger partial charge < -0.3 is 14.4 Å². The van der Waals surface area contributed by atoms with Crippen LogP contribution < -0.4 is 0 Å². The van der Waals surface area contributed by atoms with Crippen LogP contribution in [0.5, 0.6) is 0 Å². The third-order valence-electron chi connectivity index (χ3n) is 3.94. The van der Waals surface area contributed by atoms with E-state index in [-0.39, 0.29) is 11.7 Å². The summed E-state index contributed by atoms with van der Waals surface area (Å²) in [7, 11) is 0. The smallest absolute Gasteiger partial charge is 0.410 e. The summed E-state index contributed by atoms with van der Waals surface area (Å²) < 4.78 is 11.8. The topological polar surface area (TPSA) is 38.8 Å². The van der Waals surface area contributed by atoms with Crippen molar-refractivity contribution < 1.29 is 14.3 Å². The number of carbonyl (C=O) groups is 1. The summed E-state index contributed by atoms with van der Waals surface area (Å²) in [6.45, 7) is 13.1. The van der Waals surface area contributed by atoms with Crippen LogP contribution in [0.1, 0.15) is 60.8 Å². The van der Waals surface area contributed by atoms with Crippen molar-refractivity contribution in [2.24, 2.45) is 5.92 Å². The van der Waals surface area contributed by atoms with Gasteiger partial charge in [-0.3, -0.25) is 0 Å². The van der Waals surface area contributed by atoms with Crippen molar-refractivity contribution in [2.75, 3.05) is 18.4 Å². The second-order valence-corrected chi connectivity index (χ2v) is 8.30. The summed E-state index contributed by atoms with van der Waals surface area (Å²) in [5.41, 5.74) is -0.862. The molecule has 3 unspecified atom stereocenters. The van der Waals surface area contributed by atoms with Gasteiger partial charge in [-0.2, -0.15) is 0 Å². The van der Waals surface area contributed by atoms with E-state index in [0.717, 1.165) is 18.8 Å². The molecule has 0 spiro atoms. The van der Waals surface area contributed by atoms with Crippen LogP contribution in [0.3, 0.4) is 0 Å². The lowest BCUT2D eigenvalue weighted by atomic mass is 10.1. The summed E-state index contributed by atoms with van der Waals surface area (Å²) in [6.07, 6.45) is 3.48. The summed E-state index contributed by atoms with van der Waals surface area (Å²) in [4.78, 5) is 14.0. The molecule has 0 heterocycles. The van der Waals surface area contributed by atoms with Crippen LogP contribution in [0.25, 0.3) is 0 Å². The van der Waals surface area contributed by atoms with Crippen molar-refractivity contribution in [3.63, 3.8) is 0 Å². The average Bonchev–Trinajstić information content (AvgIpc) is 2.79. The van der Waals surface area contributed by atoms with Crippen molar-refractivity contribution in [2.45, 2.75) is 78.1 Å². The number of rotatable bonds is 6. The maximum absolute atomic E-state index is 12.3. The van der Waals surface area contributed by atoms with E-state index in [0.29, 0.717) is 24.5 Å². The molecule has 0 saturated heterocycles. The summed E-state index contributed by atoms with van der Waals surface area (Å²) in [6, 6.07) is 0. The van der Waals surface area contributed by atoms with Crippen molar-refractivity contribution in [3.8, 4) is 0 Å². The van der Waals surface area contributed by atoms with Crippen LogP contribution in [0.2, 0.25) is 0 Å². The lowest BCUT2D eigenvalue weighted by Crippen LogP contribution is -2.49. The molecule has 0 bridgehead atoms. The minimum atomic E-state index is -0.475. The Labute approximate surface area is 144 Å². The molecule has 1 aliphatic carbocycles. The van der Waals surface area contributed by atoms with Crippen LogP contribution in [0, 0.1) is 5.92 Å². The molecule has 1 saturated carbocycles. The van der Waals surface area contributed by atoms with Crippen LogP contribution in [0.4, 0.5) is 4.79 Å². The SMILES string of the molecule is CCN(CC(C)(CBr)OC1CCC(C)C1)C(=O)OC(C)(C)C. The number of ether oxygens (including phenoxy) is 2. The first-order chi connectivity index (χ1) is 10.1. The molecule has 22 heavy (non-hydrogen) atoms. The molecule has 0 aliphatic heterocycles. The van der Waals surface area contributed by atoms with Gasteiger partial charge in [0, 0.05) is 11.9 Å². The van der Waals surface area contributed by atoms with Crippen LogP contribution in [0.15, 0.2) is 0 Å². The van der Waals surface area contributed by atoms with Gasteiger partial charge in [-0.1, -0.05) is 22.9 Å². The first kappa shape index (κ1) is 19.8. The van der Waals surface area contributed by atoms with Gasteiger partial charge in [0.1, 0.15) is 5.60 Å². The van der Waals surface area contributed by atoms with Gasteiger partial charge >= 0.3 is 6.09 Å². The number of nitrogens with zero attached hydrogens (tertiary/aromatic N) is 1. The van der Waals surface area contributed by atoms with E-state index in [4.69, 9.17) is 9.47 Å². The van der Waals surface area contributed by atoms with E-state index in [2.05, 4.69) is 29.8 Å². The zero-order valence-corrected chi connectivity index (χ0v) is 16.5. The van der Waals surface area contributed by atoms with E-state index < -0.39 is 5.60 Å². The molecule has 4 nitrogen and oxygen atoms in total. The van der Waals surface area contributed by atoms with Gasteiger partial charge in [-0.25, -0.2) is 4.79 Å². The minimum Gasteiger partial charge on any atom is -0.444 e. The number of carbonyl (C=O) groups excluding carboxylic acids is 1. The average molecular weight is 378 g/mol. The lowest BCUT2D eigenvalue weighted by molar-refractivity contribution is -0.0818. The van der Waals surface area contributed by atoms with E-state index in [1.807, 2.05) is 27.7 Å². The van der Waals surface area contributed by atoms with E-state index in [9.17, 15) is 4.79 Å². The number of hydrogen-bond donors (Lipinski definition) is 0. The Morgan fingerprint density at radius 3 is 2.32 bits per heavy atom. The fourth-order valence-corrected chi connectivity index (χ4v) is 3.12. The fraction of sp³-hybridized carbons (Fsp3) is 0.941. The third-order valence-corrected chi connectivity index (χ3v) is 5.13. The van der Waals surface area contributed by atoms with Crippen molar-refractivity contribution in [1.82, 2.24) is 4.90 Å². The van der Waals surface area contributed by atoms with Gasteiger partial charge in [-0.05, 0) is 59.8 Å². The maximum atomic E-state index is 12.3.